The normalized spacial score (nSPS) is 11.5. The zero-order chi connectivity index (χ0) is 30.9. The smallest absolute Gasteiger partial charge is 0.420 e. The van der Waals surface area contributed by atoms with Crippen LogP contribution >= 0.6 is 0 Å². The number of anilines is 2. The van der Waals surface area contributed by atoms with Crippen LogP contribution in [-0.4, -0.2) is 41.0 Å². The Morgan fingerprint density at radius 3 is 2.14 bits per heavy atom. The van der Waals surface area contributed by atoms with Gasteiger partial charge in [-0.15, -0.1) is 0 Å². The van der Waals surface area contributed by atoms with Gasteiger partial charge in [0.1, 0.15) is 45.9 Å². The van der Waals surface area contributed by atoms with Gasteiger partial charge in [0.2, 0.25) is 0 Å². The number of rotatable bonds is 8. The number of ether oxygens (including phenoxy) is 2. The molecule has 0 radical (unpaired) electrons. The van der Waals surface area contributed by atoms with Crippen LogP contribution < -0.4 is 25.7 Å². The quantitative estimate of drug-likeness (QED) is 0.262. The predicted octanol–water partition coefficient (Wildman–Crippen LogP) is 5.44. The number of benzene rings is 2. The highest BCUT2D eigenvalue weighted by molar-refractivity contribution is 6.06. The van der Waals surface area contributed by atoms with Crippen LogP contribution in [0.5, 0.6) is 11.5 Å². The molecule has 222 valence electrons. The lowest BCUT2D eigenvalue weighted by atomic mass is 10.1. The highest BCUT2D eigenvalue weighted by Crippen LogP contribution is 2.37. The SMILES string of the molecule is CNc1ccc(C(F)(F)F)c(-n2c(=O)c(NC(=O)c3ccc(OC(F)F)cc3)c(-c3c(F)cc(OC)cc3F)n2C)n1. The number of alkyl halides is 5. The summed E-state index contributed by atoms with van der Waals surface area (Å²) in [5.74, 6) is -5.15. The Labute approximate surface area is 232 Å². The number of hydrogen-bond acceptors (Lipinski definition) is 6. The van der Waals surface area contributed by atoms with Gasteiger partial charge < -0.3 is 20.1 Å². The van der Waals surface area contributed by atoms with Crippen molar-refractivity contribution in [1.29, 1.82) is 0 Å². The molecule has 2 aromatic heterocycles. The second-order valence-electron chi connectivity index (χ2n) is 8.50. The lowest BCUT2D eigenvalue weighted by Crippen LogP contribution is -2.26. The summed E-state index contributed by atoms with van der Waals surface area (Å²) < 4.78 is 108. The summed E-state index contributed by atoms with van der Waals surface area (Å²) in [6.45, 7) is -3.14. The number of nitrogens with zero attached hydrogens (tertiary/aromatic N) is 3. The summed E-state index contributed by atoms with van der Waals surface area (Å²) in [5, 5.41) is 4.73. The van der Waals surface area contributed by atoms with Gasteiger partial charge in [-0.05, 0) is 36.4 Å². The highest BCUT2D eigenvalue weighted by Gasteiger charge is 2.37. The molecule has 2 aromatic carbocycles. The van der Waals surface area contributed by atoms with Crippen molar-refractivity contribution in [2.45, 2.75) is 12.8 Å². The number of methoxy groups -OCH3 is 1. The third-order valence-electron chi connectivity index (χ3n) is 5.97. The summed E-state index contributed by atoms with van der Waals surface area (Å²) in [4.78, 5) is 30.6. The maximum absolute atomic E-state index is 15.2. The van der Waals surface area contributed by atoms with E-state index in [-0.39, 0.29) is 22.9 Å². The molecule has 2 heterocycles. The number of aromatic nitrogens is 3. The fraction of sp³-hybridized carbons (Fsp3) is 0.192. The van der Waals surface area contributed by atoms with Crippen LogP contribution in [0.4, 0.5) is 42.2 Å². The molecule has 0 saturated carbocycles. The molecular weight excluding hydrogens is 579 g/mol. The first-order valence-electron chi connectivity index (χ1n) is 11.7. The zero-order valence-corrected chi connectivity index (χ0v) is 21.8. The van der Waals surface area contributed by atoms with E-state index in [1.54, 1.807) is 0 Å². The van der Waals surface area contributed by atoms with Crippen LogP contribution in [0.2, 0.25) is 0 Å². The molecule has 0 bridgehead atoms. The number of carbonyl (C=O) groups is 1. The summed E-state index contributed by atoms with van der Waals surface area (Å²) >= 11 is 0. The van der Waals surface area contributed by atoms with Crippen LogP contribution in [-0.2, 0) is 13.2 Å². The minimum absolute atomic E-state index is 0.0776. The monoisotopic (exact) mass is 599 g/mol. The lowest BCUT2D eigenvalue weighted by molar-refractivity contribution is -0.137. The van der Waals surface area contributed by atoms with Gasteiger partial charge >= 0.3 is 12.8 Å². The van der Waals surface area contributed by atoms with Gasteiger partial charge in [0, 0.05) is 31.8 Å². The van der Waals surface area contributed by atoms with Gasteiger partial charge in [0.05, 0.1) is 12.7 Å². The van der Waals surface area contributed by atoms with Crippen LogP contribution in [0.3, 0.4) is 0 Å². The van der Waals surface area contributed by atoms with Crippen molar-refractivity contribution in [2.75, 3.05) is 24.8 Å². The third kappa shape index (κ3) is 5.73. The fourth-order valence-electron chi connectivity index (χ4n) is 4.08. The van der Waals surface area contributed by atoms with E-state index in [1.807, 2.05) is 0 Å². The number of carbonyl (C=O) groups excluding carboxylic acids is 1. The molecule has 1 amide bonds. The largest absolute Gasteiger partial charge is 0.497 e. The second kappa shape index (κ2) is 11.5. The summed E-state index contributed by atoms with van der Waals surface area (Å²) in [6, 6.07) is 7.37. The molecule has 16 heteroatoms. The molecule has 4 rings (SSSR count). The molecule has 0 saturated heterocycles. The van der Waals surface area contributed by atoms with E-state index < -0.39 is 64.2 Å². The van der Waals surface area contributed by atoms with Crippen molar-refractivity contribution in [2.24, 2.45) is 7.05 Å². The molecule has 0 aliphatic carbocycles. The summed E-state index contributed by atoms with van der Waals surface area (Å²) in [5.41, 5.74) is -5.21. The molecule has 0 unspecified atom stereocenters. The predicted molar refractivity (Wildman–Crippen MR) is 136 cm³/mol. The minimum Gasteiger partial charge on any atom is -0.497 e. The molecule has 9 nitrogen and oxygen atoms in total. The van der Waals surface area contributed by atoms with E-state index in [1.165, 1.54) is 7.05 Å². The standard InChI is InChI=1S/C26H20F7N5O4/c1-34-18-9-8-15(26(31,32)33)22(35-18)38-24(40)20(36-23(39)12-4-6-13(7-5-12)42-25(29)30)21(37(38)2)19-16(27)10-14(41-3)11-17(19)28/h4-11,25H,1-3H3,(H,34,35)(H,36,39). The van der Waals surface area contributed by atoms with E-state index in [0.29, 0.717) is 15.4 Å². The van der Waals surface area contributed by atoms with E-state index in [2.05, 4.69) is 20.4 Å². The topological polar surface area (TPSA) is 99.4 Å². The Morgan fingerprint density at radius 2 is 1.62 bits per heavy atom. The Balaban J connectivity index is 1.97. The maximum Gasteiger partial charge on any atom is 0.420 e. The zero-order valence-electron chi connectivity index (χ0n) is 21.8. The number of amides is 1. The summed E-state index contributed by atoms with van der Waals surface area (Å²) in [7, 11) is 3.55. The number of halogens is 7. The van der Waals surface area contributed by atoms with Gasteiger partial charge in [-0.3, -0.25) is 14.3 Å². The van der Waals surface area contributed by atoms with Crippen molar-refractivity contribution >= 4 is 17.4 Å². The van der Waals surface area contributed by atoms with Crippen molar-refractivity contribution < 1.29 is 45.0 Å². The molecule has 0 aliphatic heterocycles. The number of nitrogens with one attached hydrogen (secondary N) is 2. The molecule has 4 aromatic rings. The second-order valence-corrected chi connectivity index (χ2v) is 8.50. The fourth-order valence-corrected chi connectivity index (χ4v) is 4.08. The van der Waals surface area contributed by atoms with Crippen LogP contribution in [0.1, 0.15) is 15.9 Å². The van der Waals surface area contributed by atoms with E-state index >= 15 is 8.78 Å². The minimum atomic E-state index is -5.01. The molecule has 0 fully saturated rings. The maximum atomic E-state index is 15.2. The summed E-state index contributed by atoms with van der Waals surface area (Å²) in [6.07, 6.45) is -5.01. The highest BCUT2D eigenvalue weighted by atomic mass is 19.4. The number of hydrogen-bond donors (Lipinski definition) is 2. The van der Waals surface area contributed by atoms with Crippen molar-refractivity contribution in [3.63, 3.8) is 0 Å². The van der Waals surface area contributed by atoms with Gasteiger partial charge in [-0.2, -0.15) is 26.6 Å². The van der Waals surface area contributed by atoms with Crippen molar-refractivity contribution in [1.82, 2.24) is 14.3 Å². The molecule has 42 heavy (non-hydrogen) atoms. The van der Waals surface area contributed by atoms with Crippen molar-refractivity contribution in [3.8, 4) is 28.6 Å². The van der Waals surface area contributed by atoms with Gasteiger partial charge in [0.15, 0.2) is 5.82 Å². The van der Waals surface area contributed by atoms with Gasteiger partial charge in [-0.25, -0.2) is 13.8 Å². The Morgan fingerprint density at radius 1 is 1.00 bits per heavy atom. The van der Waals surface area contributed by atoms with Crippen LogP contribution in [0.25, 0.3) is 17.1 Å². The molecule has 2 N–H and O–H groups in total. The third-order valence-corrected chi connectivity index (χ3v) is 5.97. The molecule has 0 atom stereocenters. The van der Waals surface area contributed by atoms with Crippen molar-refractivity contribution in [3.05, 3.63) is 81.6 Å². The van der Waals surface area contributed by atoms with Gasteiger partial charge in [-0.1, -0.05) is 0 Å². The first-order valence-corrected chi connectivity index (χ1v) is 11.7. The lowest BCUT2D eigenvalue weighted by Gasteiger charge is -2.16. The van der Waals surface area contributed by atoms with Crippen LogP contribution in [0, 0.1) is 11.6 Å². The van der Waals surface area contributed by atoms with Gasteiger partial charge in [0.25, 0.3) is 11.5 Å². The molecule has 0 spiro atoms. The van der Waals surface area contributed by atoms with E-state index in [0.717, 1.165) is 56.6 Å². The number of pyridine rings is 1. The Hall–Kier alpha value is -5.02. The molecular formula is C26H20F7N5O4. The average molecular weight is 599 g/mol. The van der Waals surface area contributed by atoms with Crippen LogP contribution in [0.15, 0.2) is 53.3 Å². The first-order chi connectivity index (χ1) is 19.8. The molecule has 0 aliphatic rings. The first kappa shape index (κ1) is 30.0. The Bertz CT molecular complexity index is 1680. The Kier molecular flexibility index (Phi) is 8.17. The average Bonchev–Trinajstić information content (AvgIpc) is 3.15. The van der Waals surface area contributed by atoms with E-state index in [9.17, 15) is 31.5 Å². The van der Waals surface area contributed by atoms with E-state index in [4.69, 9.17) is 4.74 Å².